The van der Waals surface area contributed by atoms with E-state index in [-0.39, 0.29) is 12.2 Å². The van der Waals surface area contributed by atoms with Gasteiger partial charge in [0.25, 0.3) is 0 Å². The number of nitrogens with zero attached hydrogens (tertiary/aromatic N) is 2. The Labute approximate surface area is 97.7 Å². The molecule has 1 aromatic carbocycles. The molecule has 5 heteroatoms. The molecule has 2 aromatic rings. The quantitative estimate of drug-likeness (QED) is 0.885. The van der Waals surface area contributed by atoms with E-state index in [1.165, 1.54) is 12.1 Å². The molecule has 0 bridgehead atoms. The molecule has 0 spiro atoms. The molecule has 0 aliphatic heterocycles. The highest BCUT2D eigenvalue weighted by molar-refractivity contribution is 5.78. The summed E-state index contributed by atoms with van der Waals surface area (Å²) in [6.45, 7) is 2.69. The first-order valence-corrected chi connectivity index (χ1v) is 5.48. The number of carbonyl (C=O) groups is 1. The fraction of sp³-hybridized carbons (Fsp3) is 0.333. The van der Waals surface area contributed by atoms with Gasteiger partial charge in [-0.2, -0.15) is 0 Å². The average molecular weight is 236 g/mol. The van der Waals surface area contributed by atoms with Gasteiger partial charge >= 0.3 is 5.97 Å². The van der Waals surface area contributed by atoms with Gasteiger partial charge in [0.2, 0.25) is 0 Å². The number of carboxylic acids is 1. The van der Waals surface area contributed by atoms with Crippen LogP contribution < -0.4 is 0 Å². The van der Waals surface area contributed by atoms with Gasteiger partial charge in [-0.25, -0.2) is 9.37 Å². The Morgan fingerprint density at radius 3 is 2.94 bits per heavy atom. The first kappa shape index (κ1) is 11.6. The number of hydrogen-bond donors (Lipinski definition) is 1. The van der Waals surface area contributed by atoms with Crippen LogP contribution in [0.5, 0.6) is 0 Å². The van der Waals surface area contributed by atoms with Crippen molar-refractivity contribution < 1.29 is 14.3 Å². The average Bonchev–Trinajstić information content (AvgIpc) is 2.55. The highest BCUT2D eigenvalue weighted by atomic mass is 19.1. The van der Waals surface area contributed by atoms with Crippen molar-refractivity contribution in [3.8, 4) is 0 Å². The molecule has 0 aliphatic carbocycles. The van der Waals surface area contributed by atoms with Crippen molar-refractivity contribution in [1.29, 1.82) is 0 Å². The van der Waals surface area contributed by atoms with E-state index in [4.69, 9.17) is 5.11 Å². The SMILES string of the molecule is CCCn1c(CC(=O)O)nc2cc(F)ccc21. The number of aromatic nitrogens is 2. The third-order valence-electron chi connectivity index (χ3n) is 2.55. The molecule has 1 N–H and O–H groups in total. The van der Waals surface area contributed by atoms with Crippen LogP contribution in [-0.4, -0.2) is 20.6 Å². The maximum Gasteiger partial charge on any atom is 0.311 e. The van der Waals surface area contributed by atoms with E-state index in [2.05, 4.69) is 4.98 Å². The lowest BCUT2D eigenvalue weighted by atomic mass is 10.3. The molecule has 0 aliphatic rings. The molecule has 90 valence electrons. The maximum absolute atomic E-state index is 13.1. The largest absolute Gasteiger partial charge is 0.481 e. The number of carboxylic acid groups (broad SMARTS) is 1. The maximum atomic E-state index is 13.1. The lowest BCUT2D eigenvalue weighted by Crippen LogP contribution is -2.09. The van der Waals surface area contributed by atoms with E-state index in [1.54, 1.807) is 6.07 Å². The molecule has 0 saturated heterocycles. The molecule has 0 fully saturated rings. The Bertz CT molecular complexity index is 563. The van der Waals surface area contributed by atoms with E-state index in [1.807, 2.05) is 11.5 Å². The van der Waals surface area contributed by atoms with Crippen molar-refractivity contribution in [2.24, 2.45) is 0 Å². The van der Waals surface area contributed by atoms with Crippen LogP contribution in [0.2, 0.25) is 0 Å². The van der Waals surface area contributed by atoms with Crippen molar-refractivity contribution in [3.05, 3.63) is 29.8 Å². The Hall–Kier alpha value is -1.91. The second-order valence-electron chi connectivity index (χ2n) is 3.88. The predicted molar refractivity (Wildman–Crippen MR) is 61.3 cm³/mol. The molecule has 0 saturated carbocycles. The van der Waals surface area contributed by atoms with Gasteiger partial charge < -0.3 is 9.67 Å². The van der Waals surface area contributed by atoms with Crippen molar-refractivity contribution in [2.45, 2.75) is 26.3 Å². The zero-order valence-corrected chi connectivity index (χ0v) is 9.48. The molecule has 1 heterocycles. The highest BCUT2D eigenvalue weighted by Crippen LogP contribution is 2.18. The van der Waals surface area contributed by atoms with Crippen molar-refractivity contribution >= 4 is 17.0 Å². The highest BCUT2D eigenvalue weighted by Gasteiger charge is 2.13. The molecule has 1 aromatic heterocycles. The van der Waals surface area contributed by atoms with Crippen LogP contribution in [0.4, 0.5) is 4.39 Å². The number of rotatable bonds is 4. The minimum Gasteiger partial charge on any atom is -0.481 e. The van der Waals surface area contributed by atoms with Crippen LogP contribution in [0, 0.1) is 5.82 Å². The molecule has 0 atom stereocenters. The van der Waals surface area contributed by atoms with Crippen LogP contribution in [0.3, 0.4) is 0 Å². The van der Waals surface area contributed by atoms with Gasteiger partial charge in [0.15, 0.2) is 0 Å². The molecule has 0 radical (unpaired) electrons. The molecule has 17 heavy (non-hydrogen) atoms. The van der Waals surface area contributed by atoms with Gasteiger partial charge in [-0.3, -0.25) is 4.79 Å². The van der Waals surface area contributed by atoms with Crippen LogP contribution in [0.15, 0.2) is 18.2 Å². The molecule has 0 unspecified atom stereocenters. The fourth-order valence-corrected chi connectivity index (χ4v) is 1.90. The summed E-state index contributed by atoms with van der Waals surface area (Å²) in [4.78, 5) is 14.9. The second-order valence-corrected chi connectivity index (χ2v) is 3.88. The van der Waals surface area contributed by atoms with Crippen LogP contribution in [0.1, 0.15) is 19.2 Å². The summed E-state index contributed by atoms with van der Waals surface area (Å²) >= 11 is 0. The van der Waals surface area contributed by atoms with Gasteiger partial charge in [0.1, 0.15) is 18.1 Å². The Kier molecular flexibility index (Phi) is 3.08. The monoisotopic (exact) mass is 236 g/mol. The van der Waals surface area contributed by atoms with Crippen molar-refractivity contribution in [3.63, 3.8) is 0 Å². The van der Waals surface area contributed by atoms with E-state index in [0.29, 0.717) is 17.9 Å². The van der Waals surface area contributed by atoms with Crippen molar-refractivity contribution in [1.82, 2.24) is 9.55 Å². The van der Waals surface area contributed by atoms with Crippen molar-refractivity contribution in [2.75, 3.05) is 0 Å². The summed E-state index contributed by atoms with van der Waals surface area (Å²) in [5.41, 5.74) is 1.29. The van der Waals surface area contributed by atoms with Gasteiger partial charge in [0, 0.05) is 12.6 Å². The Morgan fingerprint density at radius 2 is 2.29 bits per heavy atom. The lowest BCUT2D eigenvalue weighted by molar-refractivity contribution is -0.136. The second kappa shape index (κ2) is 4.53. The van der Waals surface area contributed by atoms with E-state index in [0.717, 1.165) is 11.9 Å². The van der Waals surface area contributed by atoms with Gasteiger partial charge in [-0.05, 0) is 18.6 Å². The van der Waals surface area contributed by atoms with Crippen LogP contribution in [-0.2, 0) is 17.8 Å². The summed E-state index contributed by atoms with van der Waals surface area (Å²) in [5.74, 6) is -0.821. The number of hydrogen-bond acceptors (Lipinski definition) is 2. The first-order chi connectivity index (χ1) is 8.11. The third kappa shape index (κ3) is 2.27. The van der Waals surface area contributed by atoms with Crippen LogP contribution in [0.25, 0.3) is 11.0 Å². The van der Waals surface area contributed by atoms with Crippen LogP contribution >= 0.6 is 0 Å². The topological polar surface area (TPSA) is 55.1 Å². The number of benzene rings is 1. The van der Waals surface area contributed by atoms with E-state index in [9.17, 15) is 9.18 Å². The molecule has 0 amide bonds. The van der Waals surface area contributed by atoms with Gasteiger partial charge in [0.05, 0.1) is 11.0 Å². The summed E-state index contributed by atoms with van der Waals surface area (Å²) in [5, 5.41) is 8.81. The standard InChI is InChI=1S/C12H13FN2O2/c1-2-5-15-10-4-3-8(13)6-9(10)14-11(15)7-12(16)17/h3-4,6H,2,5,7H2,1H3,(H,16,17). The molecular formula is C12H13FN2O2. The predicted octanol–water partition coefficient (Wildman–Crippen LogP) is 2.21. The van der Waals surface area contributed by atoms with Gasteiger partial charge in [-0.15, -0.1) is 0 Å². The molecular weight excluding hydrogens is 223 g/mol. The smallest absolute Gasteiger partial charge is 0.311 e. The zero-order valence-electron chi connectivity index (χ0n) is 9.48. The zero-order chi connectivity index (χ0) is 12.4. The Morgan fingerprint density at radius 1 is 1.53 bits per heavy atom. The minimum absolute atomic E-state index is 0.143. The van der Waals surface area contributed by atoms with Gasteiger partial charge in [-0.1, -0.05) is 6.92 Å². The number of imidazole rings is 1. The number of aryl methyl sites for hydroxylation is 1. The minimum atomic E-state index is -0.932. The van der Waals surface area contributed by atoms with E-state index < -0.39 is 5.97 Å². The molecule has 2 rings (SSSR count). The number of aliphatic carboxylic acids is 1. The summed E-state index contributed by atoms with van der Waals surface area (Å²) in [6.07, 6.45) is 0.728. The summed E-state index contributed by atoms with van der Waals surface area (Å²) < 4.78 is 14.9. The number of halogens is 1. The lowest BCUT2D eigenvalue weighted by Gasteiger charge is -2.05. The third-order valence-corrected chi connectivity index (χ3v) is 2.55. The first-order valence-electron chi connectivity index (χ1n) is 5.48. The fourth-order valence-electron chi connectivity index (χ4n) is 1.90. The van der Waals surface area contributed by atoms with E-state index >= 15 is 0 Å². The Balaban J connectivity index is 2.56. The summed E-state index contributed by atoms with van der Waals surface area (Å²) in [7, 11) is 0. The molecule has 4 nitrogen and oxygen atoms in total. The number of fused-ring (bicyclic) bond motifs is 1. The normalized spacial score (nSPS) is 10.9. The summed E-state index contributed by atoms with van der Waals surface area (Å²) in [6, 6.07) is 4.33.